The van der Waals surface area contributed by atoms with Gasteiger partial charge in [-0.25, -0.2) is 0 Å². The molecule has 1 atom stereocenters. The summed E-state index contributed by atoms with van der Waals surface area (Å²) >= 11 is 0. The highest BCUT2D eigenvalue weighted by Crippen LogP contribution is 2.12. The van der Waals surface area contributed by atoms with Gasteiger partial charge in [-0.3, -0.25) is 4.79 Å². The molecule has 0 saturated heterocycles. The molecule has 2 N–H and O–H groups in total. The SMILES string of the molecule is Cc1ccc(CC(N)C(=O)CC(C)C)cc1C. The van der Waals surface area contributed by atoms with Crippen molar-refractivity contribution in [3.05, 3.63) is 34.9 Å². The van der Waals surface area contributed by atoms with Crippen LogP contribution in [0.4, 0.5) is 0 Å². The quantitative estimate of drug-likeness (QED) is 0.849. The Labute approximate surface area is 104 Å². The van der Waals surface area contributed by atoms with Crippen molar-refractivity contribution in [2.75, 3.05) is 0 Å². The van der Waals surface area contributed by atoms with Crippen LogP contribution in [0.2, 0.25) is 0 Å². The second-order valence-corrected chi connectivity index (χ2v) is 5.29. The molecule has 1 unspecified atom stereocenters. The van der Waals surface area contributed by atoms with Gasteiger partial charge in [0.15, 0.2) is 0 Å². The molecule has 0 radical (unpaired) electrons. The van der Waals surface area contributed by atoms with Crippen molar-refractivity contribution in [2.24, 2.45) is 11.7 Å². The lowest BCUT2D eigenvalue weighted by Crippen LogP contribution is -2.33. The van der Waals surface area contributed by atoms with Crippen LogP contribution >= 0.6 is 0 Å². The molecule has 1 rings (SSSR count). The average molecular weight is 233 g/mol. The van der Waals surface area contributed by atoms with Crippen LogP contribution in [0.5, 0.6) is 0 Å². The molecule has 0 aliphatic heterocycles. The number of rotatable bonds is 5. The highest BCUT2D eigenvalue weighted by molar-refractivity contribution is 5.84. The van der Waals surface area contributed by atoms with E-state index >= 15 is 0 Å². The Bertz CT molecular complexity index is 396. The highest BCUT2D eigenvalue weighted by atomic mass is 16.1. The van der Waals surface area contributed by atoms with Crippen LogP contribution in [0.15, 0.2) is 18.2 Å². The van der Waals surface area contributed by atoms with Crippen molar-refractivity contribution < 1.29 is 4.79 Å². The standard InChI is InChI=1S/C15H23NO/c1-10(2)7-15(17)14(16)9-13-6-5-11(3)12(4)8-13/h5-6,8,10,14H,7,9,16H2,1-4H3. The van der Waals surface area contributed by atoms with Crippen LogP contribution < -0.4 is 5.73 Å². The molecule has 2 heteroatoms. The molecule has 2 nitrogen and oxygen atoms in total. The van der Waals surface area contributed by atoms with Crippen molar-refractivity contribution in [1.82, 2.24) is 0 Å². The number of aryl methyl sites for hydroxylation is 2. The Morgan fingerprint density at radius 2 is 1.88 bits per heavy atom. The zero-order valence-electron chi connectivity index (χ0n) is 11.3. The summed E-state index contributed by atoms with van der Waals surface area (Å²) in [7, 11) is 0. The summed E-state index contributed by atoms with van der Waals surface area (Å²) in [4.78, 5) is 11.8. The van der Waals surface area contributed by atoms with Gasteiger partial charge in [-0.15, -0.1) is 0 Å². The molecule has 0 saturated carbocycles. The summed E-state index contributed by atoms with van der Waals surface area (Å²) in [6.07, 6.45) is 1.22. The number of benzene rings is 1. The average Bonchev–Trinajstić information content (AvgIpc) is 2.22. The minimum Gasteiger partial charge on any atom is -0.321 e. The van der Waals surface area contributed by atoms with E-state index in [1.165, 1.54) is 11.1 Å². The van der Waals surface area contributed by atoms with Gasteiger partial charge in [0.25, 0.3) is 0 Å². The fourth-order valence-corrected chi connectivity index (χ4v) is 1.85. The minimum atomic E-state index is -0.362. The summed E-state index contributed by atoms with van der Waals surface area (Å²) in [5.41, 5.74) is 9.62. The Kier molecular flexibility index (Phi) is 4.88. The summed E-state index contributed by atoms with van der Waals surface area (Å²) in [5.74, 6) is 0.548. The summed E-state index contributed by atoms with van der Waals surface area (Å²) in [5, 5.41) is 0. The molecular formula is C15H23NO. The molecule has 0 amide bonds. The third kappa shape index (κ3) is 4.31. The van der Waals surface area contributed by atoms with E-state index in [1.54, 1.807) is 0 Å². The minimum absolute atomic E-state index is 0.165. The maximum atomic E-state index is 11.8. The van der Waals surface area contributed by atoms with Gasteiger partial charge in [-0.05, 0) is 42.9 Å². The van der Waals surface area contributed by atoms with E-state index in [2.05, 4.69) is 32.0 Å². The van der Waals surface area contributed by atoms with Gasteiger partial charge >= 0.3 is 0 Å². The van der Waals surface area contributed by atoms with E-state index in [4.69, 9.17) is 5.73 Å². The molecule has 0 heterocycles. The molecule has 0 fully saturated rings. The molecule has 1 aromatic carbocycles. The van der Waals surface area contributed by atoms with Crippen molar-refractivity contribution in [2.45, 2.75) is 46.6 Å². The van der Waals surface area contributed by atoms with Gasteiger partial charge < -0.3 is 5.73 Å². The predicted molar refractivity (Wildman–Crippen MR) is 72.1 cm³/mol. The fraction of sp³-hybridized carbons (Fsp3) is 0.533. The van der Waals surface area contributed by atoms with Crippen molar-refractivity contribution >= 4 is 5.78 Å². The van der Waals surface area contributed by atoms with E-state index in [1.807, 2.05) is 13.8 Å². The lowest BCUT2D eigenvalue weighted by molar-refractivity contribution is -0.120. The Balaban J connectivity index is 2.64. The van der Waals surface area contributed by atoms with Gasteiger partial charge in [0.05, 0.1) is 6.04 Å². The van der Waals surface area contributed by atoms with Gasteiger partial charge in [-0.1, -0.05) is 32.0 Å². The number of hydrogen-bond acceptors (Lipinski definition) is 2. The second-order valence-electron chi connectivity index (χ2n) is 5.29. The van der Waals surface area contributed by atoms with Crippen LogP contribution in [0.3, 0.4) is 0 Å². The van der Waals surface area contributed by atoms with Crippen LogP contribution in [0.25, 0.3) is 0 Å². The van der Waals surface area contributed by atoms with Crippen molar-refractivity contribution in [3.63, 3.8) is 0 Å². The number of carbonyl (C=O) groups is 1. The third-order valence-electron chi connectivity index (χ3n) is 3.05. The molecular weight excluding hydrogens is 210 g/mol. The number of hydrogen-bond donors (Lipinski definition) is 1. The first kappa shape index (κ1) is 13.9. The lowest BCUT2D eigenvalue weighted by atomic mass is 9.95. The largest absolute Gasteiger partial charge is 0.321 e. The summed E-state index contributed by atoms with van der Waals surface area (Å²) in [6, 6.07) is 5.91. The third-order valence-corrected chi connectivity index (χ3v) is 3.05. The Hall–Kier alpha value is -1.15. The molecule has 0 aliphatic rings. The van der Waals surface area contributed by atoms with Crippen LogP contribution in [-0.2, 0) is 11.2 Å². The van der Waals surface area contributed by atoms with Crippen LogP contribution in [-0.4, -0.2) is 11.8 Å². The molecule has 17 heavy (non-hydrogen) atoms. The highest BCUT2D eigenvalue weighted by Gasteiger charge is 2.15. The molecule has 0 spiro atoms. The van der Waals surface area contributed by atoms with E-state index in [0.717, 1.165) is 5.56 Å². The second kappa shape index (κ2) is 5.97. The number of nitrogens with two attached hydrogens (primary N) is 1. The first-order valence-corrected chi connectivity index (χ1v) is 6.24. The van der Waals surface area contributed by atoms with Gasteiger partial charge in [0, 0.05) is 6.42 Å². The van der Waals surface area contributed by atoms with Gasteiger partial charge in [0.1, 0.15) is 5.78 Å². The maximum absolute atomic E-state index is 11.8. The molecule has 94 valence electrons. The first-order chi connectivity index (χ1) is 7.90. The zero-order chi connectivity index (χ0) is 13.0. The van der Waals surface area contributed by atoms with E-state index in [0.29, 0.717) is 18.8 Å². The van der Waals surface area contributed by atoms with Crippen LogP contribution in [0, 0.1) is 19.8 Å². The van der Waals surface area contributed by atoms with E-state index < -0.39 is 0 Å². The predicted octanol–water partition coefficient (Wildman–Crippen LogP) is 2.79. The Morgan fingerprint density at radius 3 is 2.41 bits per heavy atom. The molecule has 0 aromatic heterocycles. The van der Waals surface area contributed by atoms with Gasteiger partial charge in [0.2, 0.25) is 0 Å². The topological polar surface area (TPSA) is 43.1 Å². The van der Waals surface area contributed by atoms with Crippen molar-refractivity contribution in [1.29, 1.82) is 0 Å². The molecule has 0 bridgehead atoms. The number of ketones is 1. The van der Waals surface area contributed by atoms with Gasteiger partial charge in [-0.2, -0.15) is 0 Å². The van der Waals surface area contributed by atoms with E-state index in [-0.39, 0.29) is 11.8 Å². The van der Waals surface area contributed by atoms with Crippen molar-refractivity contribution in [3.8, 4) is 0 Å². The lowest BCUT2D eigenvalue weighted by Gasteiger charge is -2.13. The molecule has 1 aromatic rings. The smallest absolute Gasteiger partial charge is 0.150 e. The summed E-state index contributed by atoms with van der Waals surface area (Å²) < 4.78 is 0. The summed E-state index contributed by atoms with van der Waals surface area (Å²) in [6.45, 7) is 8.25. The first-order valence-electron chi connectivity index (χ1n) is 6.24. The fourth-order valence-electron chi connectivity index (χ4n) is 1.85. The molecule has 0 aliphatic carbocycles. The zero-order valence-corrected chi connectivity index (χ0v) is 11.3. The maximum Gasteiger partial charge on any atom is 0.150 e. The normalized spacial score (nSPS) is 12.8. The monoisotopic (exact) mass is 233 g/mol. The number of Topliss-reactive ketones (excluding diaryl/α,β-unsaturated/α-hetero) is 1. The number of carbonyl (C=O) groups excluding carboxylic acids is 1. The van der Waals surface area contributed by atoms with E-state index in [9.17, 15) is 4.79 Å². The van der Waals surface area contributed by atoms with Crippen LogP contribution in [0.1, 0.15) is 37.0 Å². The Morgan fingerprint density at radius 1 is 1.24 bits per heavy atom.